The molecule has 1 unspecified atom stereocenters. The molecule has 0 saturated heterocycles. The van der Waals surface area contributed by atoms with Crippen molar-refractivity contribution in [3.05, 3.63) is 0 Å². The second kappa shape index (κ2) is 7.69. The lowest BCUT2D eigenvalue weighted by atomic mass is 9.95. The molecule has 16 heavy (non-hydrogen) atoms. The number of nitrogens with one attached hydrogen (secondary N) is 2. The molecule has 0 aliphatic rings. The van der Waals surface area contributed by atoms with Crippen LogP contribution in [0.5, 0.6) is 0 Å². The van der Waals surface area contributed by atoms with Crippen molar-refractivity contribution in [3.63, 3.8) is 0 Å². The molecule has 0 aromatic rings. The average Bonchev–Trinajstić information content (AvgIpc) is 2.27. The molecule has 0 spiro atoms. The Hall–Kier alpha value is -1.57. The molecular formula is C11H19N3O2. The second-order valence-electron chi connectivity index (χ2n) is 3.68. The molecule has 0 aliphatic carbocycles. The Kier molecular flexibility index (Phi) is 6.93. The van der Waals surface area contributed by atoms with Gasteiger partial charge in [0.25, 0.3) is 0 Å². The van der Waals surface area contributed by atoms with Gasteiger partial charge in [0, 0.05) is 6.04 Å². The normalized spacial score (nSPS) is 11.7. The van der Waals surface area contributed by atoms with E-state index in [1.54, 1.807) is 6.07 Å². The predicted molar refractivity (Wildman–Crippen MR) is 60.3 cm³/mol. The number of nitriles is 1. The van der Waals surface area contributed by atoms with Gasteiger partial charge >= 0.3 is 11.8 Å². The highest BCUT2D eigenvalue weighted by molar-refractivity contribution is 6.35. The Morgan fingerprint density at radius 1 is 1.25 bits per heavy atom. The van der Waals surface area contributed by atoms with Crippen LogP contribution >= 0.6 is 0 Å². The fourth-order valence-electron chi connectivity index (χ4n) is 1.59. The number of hydrogen-bond donors (Lipinski definition) is 2. The second-order valence-corrected chi connectivity index (χ2v) is 3.68. The van der Waals surface area contributed by atoms with Crippen molar-refractivity contribution >= 4 is 11.8 Å². The minimum absolute atomic E-state index is 0.0321. The first kappa shape index (κ1) is 14.4. The molecule has 0 aromatic heterocycles. The van der Waals surface area contributed by atoms with Crippen molar-refractivity contribution in [3.8, 4) is 6.07 Å². The summed E-state index contributed by atoms with van der Waals surface area (Å²) in [7, 11) is 0. The zero-order valence-electron chi connectivity index (χ0n) is 10.0. The van der Waals surface area contributed by atoms with Gasteiger partial charge in [0.15, 0.2) is 0 Å². The van der Waals surface area contributed by atoms with Gasteiger partial charge in [-0.2, -0.15) is 5.26 Å². The number of rotatable bonds is 5. The summed E-state index contributed by atoms with van der Waals surface area (Å²) in [4.78, 5) is 22.5. The summed E-state index contributed by atoms with van der Waals surface area (Å²) in [5.74, 6) is -1.05. The standard InChI is InChI=1S/C11H19N3O2/c1-4-9(5-2)8(3)14-11(16)10(15)13-7-6-12/h8-9H,4-5,7H2,1-3H3,(H,13,15)(H,14,16). The zero-order valence-corrected chi connectivity index (χ0v) is 10.0. The Balaban J connectivity index is 4.13. The number of amides is 2. The minimum Gasteiger partial charge on any atom is -0.345 e. The third-order valence-corrected chi connectivity index (χ3v) is 2.65. The molecular weight excluding hydrogens is 206 g/mol. The highest BCUT2D eigenvalue weighted by Gasteiger charge is 2.19. The van der Waals surface area contributed by atoms with E-state index in [1.807, 2.05) is 20.8 Å². The van der Waals surface area contributed by atoms with Gasteiger partial charge in [-0.05, 0) is 12.8 Å². The molecule has 5 heteroatoms. The highest BCUT2D eigenvalue weighted by atomic mass is 16.2. The van der Waals surface area contributed by atoms with Gasteiger partial charge in [0.05, 0.1) is 6.07 Å². The Labute approximate surface area is 96.2 Å². The van der Waals surface area contributed by atoms with Crippen molar-refractivity contribution in [2.45, 2.75) is 39.7 Å². The quantitative estimate of drug-likeness (QED) is 0.530. The van der Waals surface area contributed by atoms with Crippen LogP contribution in [0, 0.1) is 17.2 Å². The summed E-state index contributed by atoms with van der Waals surface area (Å²) in [5.41, 5.74) is 0. The molecule has 0 rings (SSSR count). The molecule has 2 N–H and O–H groups in total. The van der Waals surface area contributed by atoms with Crippen molar-refractivity contribution in [2.75, 3.05) is 6.54 Å². The Morgan fingerprint density at radius 2 is 1.81 bits per heavy atom. The van der Waals surface area contributed by atoms with Crippen LogP contribution in [-0.4, -0.2) is 24.4 Å². The molecule has 0 aliphatic heterocycles. The summed E-state index contributed by atoms with van der Waals surface area (Å²) in [5, 5.41) is 13.1. The highest BCUT2D eigenvalue weighted by Crippen LogP contribution is 2.12. The first-order valence-electron chi connectivity index (χ1n) is 5.52. The molecule has 0 heterocycles. The van der Waals surface area contributed by atoms with E-state index in [9.17, 15) is 9.59 Å². The van der Waals surface area contributed by atoms with Crippen molar-refractivity contribution < 1.29 is 9.59 Å². The van der Waals surface area contributed by atoms with E-state index < -0.39 is 11.8 Å². The van der Waals surface area contributed by atoms with Crippen LogP contribution in [0.4, 0.5) is 0 Å². The summed E-state index contributed by atoms with van der Waals surface area (Å²) < 4.78 is 0. The SMILES string of the molecule is CCC(CC)C(C)NC(=O)C(=O)NCC#N. The lowest BCUT2D eigenvalue weighted by molar-refractivity contribution is -0.139. The van der Waals surface area contributed by atoms with Gasteiger partial charge in [0.1, 0.15) is 6.54 Å². The van der Waals surface area contributed by atoms with Crippen molar-refractivity contribution in [2.24, 2.45) is 5.92 Å². The largest absolute Gasteiger partial charge is 0.345 e. The fraction of sp³-hybridized carbons (Fsp3) is 0.727. The van der Waals surface area contributed by atoms with Crippen LogP contribution in [-0.2, 0) is 9.59 Å². The summed E-state index contributed by atoms with van der Waals surface area (Å²) in [6, 6.07) is 1.71. The summed E-state index contributed by atoms with van der Waals surface area (Å²) in [6.07, 6.45) is 1.91. The number of carbonyl (C=O) groups excluding carboxylic acids is 2. The van der Waals surface area contributed by atoms with Gasteiger partial charge in [-0.3, -0.25) is 9.59 Å². The first-order valence-corrected chi connectivity index (χ1v) is 5.52. The molecule has 0 aromatic carbocycles. The molecule has 1 atom stereocenters. The van der Waals surface area contributed by atoms with Crippen molar-refractivity contribution in [1.82, 2.24) is 10.6 Å². The van der Waals surface area contributed by atoms with Gasteiger partial charge in [-0.25, -0.2) is 0 Å². The van der Waals surface area contributed by atoms with E-state index >= 15 is 0 Å². The maximum atomic E-state index is 11.4. The first-order chi connectivity index (χ1) is 7.56. The monoisotopic (exact) mass is 225 g/mol. The van der Waals surface area contributed by atoms with Crippen LogP contribution in [0.25, 0.3) is 0 Å². The van der Waals surface area contributed by atoms with Crippen LogP contribution in [0.2, 0.25) is 0 Å². The summed E-state index contributed by atoms with van der Waals surface area (Å²) in [6.45, 7) is 5.83. The molecule has 2 amide bonds. The lowest BCUT2D eigenvalue weighted by Gasteiger charge is -2.21. The van der Waals surface area contributed by atoms with Crippen LogP contribution in [0.3, 0.4) is 0 Å². The van der Waals surface area contributed by atoms with Gasteiger partial charge in [0.2, 0.25) is 0 Å². The lowest BCUT2D eigenvalue weighted by Crippen LogP contribution is -2.46. The van der Waals surface area contributed by atoms with E-state index in [-0.39, 0.29) is 12.6 Å². The third-order valence-electron chi connectivity index (χ3n) is 2.65. The van der Waals surface area contributed by atoms with Crippen LogP contribution in [0.15, 0.2) is 0 Å². The molecule has 0 radical (unpaired) electrons. The molecule has 0 bridgehead atoms. The molecule has 0 saturated carbocycles. The topological polar surface area (TPSA) is 82.0 Å². The average molecular weight is 225 g/mol. The predicted octanol–water partition coefficient (Wildman–Crippen LogP) is 0.567. The smallest absolute Gasteiger partial charge is 0.310 e. The van der Waals surface area contributed by atoms with E-state index in [4.69, 9.17) is 5.26 Å². The maximum absolute atomic E-state index is 11.4. The number of hydrogen-bond acceptors (Lipinski definition) is 3. The van der Waals surface area contributed by atoms with Gasteiger partial charge in [-0.15, -0.1) is 0 Å². The maximum Gasteiger partial charge on any atom is 0.310 e. The van der Waals surface area contributed by atoms with E-state index in [2.05, 4.69) is 10.6 Å². The van der Waals surface area contributed by atoms with E-state index in [0.717, 1.165) is 12.8 Å². The zero-order chi connectivity index (χ0) is 12.6. The van der Waals surface area contributed by atoms with Crippen LogP contribution < -0.4 is 10.6 Å². The van der Waals surface area contributed by atoms with E-state index in [0.29, 0.717) is 5.92 Å². The Morgan fingerprint density at radius 3 is 2.25 bits per heavy atom. The van der Waals surface area contributed by atoms with Crippen LogP contribution in [0.1, 0.15) is 33.6 Å². The van der Waals surface area contributed by atoms with Gasteiger partial charge < -0.3 is 10.6 Å². The van der Waals surface area contributed by atoms with Gasteiger partial charge in [-0.1, -0.05) is 26.7 Å². The molecule has 5 nitrogen and oxygen atoms in total. The Bertz CT molecular complexity index is 279. The molecule has 0 fully saturated rings. The molecule has 90 valence electrons. The number of nitrogens with zero attached hydrogens (tertiary/aromatic N) is 1. The van der Waals surface area contributed by atoms with Crippen molar-refractivity contribution in [1.29, 1.82) is 5.26 Å². The fourth-order valence-corrected chi connectivity index (χ4v) is 1.59. The summed E-state index contributed by atoms with van der Waals surface area (Å²) >= 11 is 0. The van der Waals surface area contributed by atoms with E-state index in [1.165, 1.54) is 0 Å². The minimum atomic E-state index is -0.751. The number of carbonyl (C=O) groups is 2. The third kappa shape index (κ3) is 4.78.